The van der Waals surface area contributed by atoms with Crippen molar-refractivity contribution in [3.8, 4) is 11.4 Å². The van der Waals surface area contributed by atoms with Crippen molar-refractivity contribution in [1.29, 1.82) is 0 Å². The van der Waals surface area contributed by atoms with Crippen LogP contribution in [-0.4, -0.2) is 31.6 Å². The summed E-state index contributed by atoms with van der Waals surface area (Å²) < 4.78 is 1.38. The highest BCUT2D eigenvalue weighted by Crippen LogP contribution is 2.34. The second-order valence-electron chi connectivity index (χ2n) is 8.13. The van der Waals surface area contributed by atoms with Gasteiger partial charge in [0.2, 0.25) is 0 Å². The lowest BCUT2D eigenvalue weighted by atomic mass is 10.2. The molecule has 0 saturated carbocycles. The third-order valence-electron chi connectivity index (χ3n) is 5.61. The Kier molecular flexibility index (Phi) is 6.51. The highest BCUT2D eigenvalue weighted by molar-refractivity contribution is 7.21. The van der Waals surface area contributed by atoms with E-state index < -0.39 is 15.8 Å². The molecule has 2 amide bonds. The van der Waals surface area contributed by atoms with E-state index in [4.69, 9.17) is 0 Å². The number of anilines is 2. The number of nitro groups is 2. The van der Waals surface area contributed by atoms with Crippen LogP contribution >= 0.6 is 45.3 Å². The number of carbonyl (C=O) groups excluding carboxylic acids is 2. The molecular formula is C24H12N6O6S4. The highest BCUT2D eigenvalue weighted by atomic mass is 32.1. The van der Waals surface area contributed by atoms with Crippen LogP contribution in [-0.2, 0) is 0 Å². The number of thiophene rings is 2. The van der Waals surface area contributed by atoms with Crippen LogP contribution in [0.5, 0.6) is 0 Å². The van der Waals surface area contributed by atoms with E-state index in [9.17, 15) is 29.8 Å². The van der Waals surface area contributed by atoms with E-state index in [1.54, 1.807) is 35.0 Å². The van der Waals surface area contributed by atoms with Gasteiger partial charge in [0.15, 0.2) is 10.3 Å². The van der Waals surface area contributed by atoms with Gasteiger partial charge in [0.05, 0.1) is 25.0 Å². The van der Waals surface area contributed by atoms with E-state index >= 15 is 0 Å². The zero-order valence-corrected chi connectivity index (χ0v) is 22.9. The Morgan fingerprint density at radius 3 is 2.00 bits per heavy atom. The van der Waals surface area contributed by atoms with Gasteiger partial charge in [-0.2, -0.15) is 0 Å². The molecule has 2 aromatic carbocycles. The first kappa shape index (κ1) is 25.6. The number of benzene rings is 2. The fraction of sp³-hybridized carbons (Fsp3) is 0. The second kappa shape index (κ2) is 10.2. The van der Waals surface area contributed by atoms with Gasteiger partial charge in [-0.1, -0.05) is 6.07 Å². The van der Waals surface area contributed by atoms with Gasteiger partial charge >= 0.3 is 0 Å². The van der Waals surface area contributed by atoms with Crippen molar-refractivity contribution in [2.45, 2.75) is 0 Å². The highest BCUT2D eigenvalue weighted by Gasteiger charge is 2.19. The first-order chi connectivity index (χ1) is 19.2. The summed E-state index contributed by atoms with van der Waals surface area (Å²) in [5, 5.41) is 32.8. The van der Waals surface area contributed by atoms with Gasteiger partial charge < -0.3 is 0 Å². The normalized spacial score (nSPS) is 11.1. The first-order valence-electron chi connectivity index (χ1n) is 11.1. The standard InChI is InChI=1S/C24H12N6O6S4/c31-21(19-7-11-6-12(29(33)34)4-5-17(11)39-19)27-23-25-14(9-37-23)15-10-38-24(26-15)28-22(32)20-8-13-16(30(35)36)2-1-3-18(13)40-20/h1-10H,(H,25,27,31)(H,26,28,32). The lowest BCUT2D eigenvalue weighted by molar-refractivity contribution is -0.384. The third-order valence-corrected chi connectivity index (χ3v) is 9.33. The van der Waals surface area contributed by atoms with Crippen molar-refractivity contribution >= 4 is 99.0 Å². The maximum absolute atomic E-state index is 12.8. The smallest absolute Gasteiger partial charge is 0.278 e. The van der Waals surface area contributed by atoms with Crippen LogP contribution in [0.4, 0.5) is 21.6 Å². The number of nitrogens with one attached hydrogen (secondary N) is 2. The molecule has 0 aliphatic rings. The maximum Gasteiger partial charge on any atom is 0.278 e. The molecule has 0 aliphatic heterocycles. The number of non-ortho nitro benzene ring substituents is 2. The average Bonchev–Trinajstić information content (AvgIpc) is 3.73. The number of carbonyl (C=O) groups is 2. The lowest BCUT2D eigenvalue weighted by Gasteiger charge is -1.98. The fourth-order valence-electron chi connectivity index (χ4n) is 3.79. The van der Waals surface area contributed by atoms with Gasteiger partial charge in [0, 0.05) is 43.7 Å². The van der Waals surface area contributed by atoms with E-state index in [-0.39, 0.29) is 17.3 Å². The number of hydrogen-bond donors (Lipinski definition) is 2. The molecule has 40 heavy (non-hydrogen) atoms. The number of nitro benzene ring substituents is 2. The number of thiazole rings is 2. The van der Waals surface area contributed by atoms with Crippen LogP contribution < -0.4 is 10.6 Å². The predicted octanol–water partition coefficient (Wildman–Crippen LogP) is 7.02. The van der Waals surface area contributed by atoms with Crippen LogP contribution in [0.3, 0.4) is 0 Å². The molecule has 0 radical (unpaired) electrons. The number of aromatic nitrogens is 2. The molecule has 198 valence electrons. The van der Waals surface area contributed by atoms with Gasteiger partial charge in [-0.3, -0.25) is 40.5 Å². The Morgan fingerprint density at radius 1 is 0.750 bits per heavy atom. The second-order valence-corrected chi connectivity index (χ2v) is 12.0. The van der Waals surface area contributed by atoms with Crippen molar-refractivity contribution < 1.29 is 19.4 Å². The van der Waals surface area contributed by atoms with Gasteiger partial charge in [-0.25, -0.2) is 9.97 Å². The van der Waals surface area contributed by atoms with E-state index in [0.717, 1.165) is 16.0 Å². The zero-order valence-electron chi connectivity index (χ0n) is 19.6. The Balaban J connectivity index is 1.14. The van der Waals surface area contributed by atoms with Crippen LogP contribution in [0.25, 0.3) is 31.6 Å². The quantitative estimate of drug-likeness (QED) is 0.144. The molecule has 0 saturated heterocycles. The average molecular weight is 609 g/mol. The van der Waals surface area contributed by atoms with Crippen molar-refractivity contribution in [2.75, 3.05) is 10.6 Å². The molecule has 0 spiro atoms. The summed E-state index contributed by atoms with van der Waals surface area (Å²) in [4.78, 5) is 56.4. The largest absolute Gasteiger partial charge is 0.297 e. The molecule has 12 nitrogen and oxygen atoms in total. The van der Waals surface area contributed by atoms with Crippen LogP contribution in [0, 0.1) is 20.2 Å². The van der Waals surface area contributed by atoms with Gasteiger partial charge in [-0.05, 0) is 24.3 Å². The molecule has 0 fully saturated rings. The van der Waals surface area contributed by atoms with Crippen molar-refractivity contribution in [3.05, 3.63) is 89.3 Å². The number of amides is 2. The van der Waals surface area contributed by atoms with Crippen LogP contribution in [0.15, 0.2) is 59.3 Å². The third kappa shape index (κ3) is 4.91. The molecule has 0 atom stereocenters. The minimum absolute atomic E-state index is 0.0477. The first-order valence-corrected chi connectivity index (χ1v) is 14.5. The van der Waals surface area contributed by atoms with Crippen molar-refractivity contribution in [2.24, 2.45) is 0 Å². The summed E-state index contributed by atoms with van der Waals surface area (Å²) >= 11 is 4.76. The van der Waals surface area contributed by atoms with E-state index in [1.165, 1.54) is 58.3 Å². The number of nitrogens with zero attached hydrogens (tertiary/aromatic N) is 4. The summed E-state index contributed by atoms with van der Waals surface area (Å²) in [5.74, 6) is -0.823. The summed E-state index contributed by atoms with van der Waals surface area (Å²) in [6.07, 6.45) is 0. The van der Waals surface area contributed by atoms with Crippen molar-refractivity contribution in [3.63, 3.8) is 0 Å². The summed E-state index contributed by atoms with van der Waals surface area (Å²) in [6, 6.07) is 12.2. The van der Waals surface area contributed by atoms with Crippen LogP contribution in [0.2, 0.25) is 0 Å². The minimum Gasteiger partial charge on any atom is -0.297 e. The molecule has 0 aliphatic carbocycles. The molecule has 6 aromatic rings. The fourth-order valence-corrected chi connectivity index (χ4v) is 7.10. The SMILES string of the molecule is O=C(Nc1nc(-c2csc(NC(=O)c3cc4c([N+](=O)[O-])cccc4s3)n2)cs1)c1cc2cc([N+](=O)[O-])ccc2s1. The van der Waals surface area contributed by atoms with Crippen LogP contribution in [0.1, 0.15) is 19.3 Å². The molecule has 16 heteroatoms. The summed E-state index contributed by atoms with van der Waals surface area (Å²) in [5.41, 5.74) is 0.889. The van der Waals surface area contributed by atoms with Crippen molar-refractivity contribution in [1.82, 2.24) is 9.97 Å². The minimum atomic E-state index is -0.485. The topological polar surface area (TPSA) is 170 Å². The molecule has 0 unspecified atom stereocenters. The predicted molar refractivity (Wildman–Crippen MR) is 156 cm³/mol. The molecular weight excluding hydrogens is 597 g/mol. The number of hydrogen-bond acceptors (Lipinski definition) is 12. The zero-order chi connectivity index (χ0) is 28.0. The monoisotopic (exact) mass is 608 g/mol. The van der Waals surface area contributed by atoms with Gasteiger partial charge in [0.1, 0.15) is 11.4 Å². The molecule has 0 bridgehead atoms. The van der Waals surface area contributed by atoms with Gasteiger partial charge in [0.25, 0.3) is 23.2 Å². The number of fused-ring (bicyclic) bond motifs is 2. The summed E-state index contributed by atoms with van der Waals surface area (Å²) in [6.45, 7) is 0. The number of rotatable bonds is 7. The molecule has 6 rings (SSSR count). The van der Waals surface area contributed by atoms with Gasteiger partial charge in [-0.15, -0.1) is 45.3 Å². The Morgan fingerprint density at radius 2 is 1.38 bits per heavy atom. The summed E-state index contributed by atoms with van der Waals surface area (Å²) in [7, 11) is 0. The molecule has 4 heterocycles. The molecule has 2 N–H and O–H groups in total. The molecule has 4 aromatic heterocycles. The Bertz CT molecular complexity index is 1990. The maximum atomic E-state index is 12.8. The van der Waals surface area contributed by atoms with E-state index in [1.807, 2.05) is 0 Å². The Hall–Kier alpha value is -4.64. The lowest BCUT2D eigenvalue weighted by Crippen LogP contribution is -2.10. The van der Waals surface area contributed by atoms with E-state index in [2.05, 4.69) is 20.6 Å². The Labute approximate surface area is 238 Å². The van der Waals surface area contributed by atoms with E-state index in [0.29, 0.717) is 46.9 Å².